The number of carboxylic acid groups (broad SMARTS) is 1. The van der Waals surface area contributed by atoms with Crippen LogP contribution in [-0.2, 0) is 11.3 Å². The second-order valence-corrected chi connectivity index (χ2v) is 9.19. The lowest BCUT2D eigenvalue weighted by Gasteiger charge is -2.24. The zero-order chi connectivity index (χ0) is 29.4. The summed E-state index contributed by atoms with van der Waals surface area (Å²) >= 11 is 0. The highest BCUT2D eigenvalue weighted by molar-refractivity contribution is 5.95. The third-order valence-corrected chi connectivity index (χ3v) is 6.30. The summed E-state index contributed by atoms with van der Waals surface area (Å²) in [6.07, 6.45) is 5.79. The van der Waals surface area contributed by atoms with Crippen LogP contribution >= 0.6 is 0 Å². The van der Waals surface area contributed by atoms with Crippen molar-refractivity contribution in [2.24, 2.45) is 22.6 Å². The number of nitrogens with one attached hydrogen (secondary N) is 3. The summed E-state index contributed by atoms with van der Waals surface area (Å²) in [5.74, 6) is 4.52. The molecule has 13 heteroatoms. The zero-order valence-electron chi connectivity index (χ0n) is 22.1. The van der Waals surface area contributed by atoms with Crippen molar-refractivity contribution in [3.8, 4) is 12.3 Å². The minimum atomic E-state index is -1.15. The molecule has 0 radical (unpaired) electrons. The molecule has 8 N–H and O–H groups in total. The SMILES string of the molecule is C#CCN(Cc1cc2c(=O)[nH]c(C)nc2cc1C)c1ccc(C(=O)NC[C@@H](CC/C(N)=N/NN)C(=O)O)c(F)c1. The Balaban J connectivity index is 1.77. The van der Waals surface area contributed by atoms with E-state index in [1.807, 2.05) is 18.5 Å². The molecule has 0 spiro atoms. The van der Waals surface area contributed by atoms with Crippen LogP contribution in [0.3, 0.4) is 0 Å². The number of rotatable bonds is 12. The van der Waals surface area contributed by atoms with Gasteiger partial charge in [-0.3, -0.25) is 14.4 Å². The predicted molar refractivity (Wildman–Crippen MR) is 150 cm³/mol. The highest BCUT2D eigenvalue weighted by Gasteiger charge is 2.21. The standard InChI is InChI=1S/C27H31FN8O4/c1-4-9-36(14-18-11-21-23(10-15(18)2)32-16(3)33-26(21)38)19-6-7-20(22(28)12-19)25(37)31-13-17(27(39)40)5-8-24(29)34-35-30/h1,6-7,10-12,17,35H,5,8-9,13-14,30H2,2-3H3,(H2,29,34)(H,31,37)(H,39,40)(H,32,33,38)/t17-/m1/s1. The maximum atomic E-state index is 15.1. The molecule has 0 aliphatic rings. The first-order valence-electron chi connectivity index (χ1n) is 12.3. The summed E-state index contributed by atoms with van der Waals surface area (Å²) in [6, 6.07) is 7.60. The Kier molecular flexibility index (Phi) is 9.77. The number of terminal acetylenes is 1. The maximum absolute atomic E-state index is 15.1. The fourth-order valence-electron chi connectivity index (χ4n) is 4.15. The summed E-state index contributed by atoms with van der Waals surface area (Å²) in [4.78, 5) is 45.4. The number of hydrazone groups is 1. The summed E-state index contributed by atoms with van der Waals surface area (Å²) < 4.78 is 15.1. The van der Waals surface area contributed by atoms with E-state index in [1.54, 1.807) is 24.0 Å². The maximum Gasteiger partial charge on any atom is 0.308 e. The molecule has 0 bridgehead atoms. The van der Waals surface area contributed by atoms with Crippen LogP contribution in [0.25, 0.3) is 10.9 Å². The summed E-state index contributed by atoms with van der Waals surface area (Å²) in [5.41, 5.74) is 9.78. The van der Waals surface area contributed by atoms with Gasteiger partial charge in [0.2, 0.25) is 0 Å². The third-order valence-electron chi connectivity index (χ3n) is 6.30. The van der Waals surface area contributed by atoms with Crippen LogP contribution in [0.15, 0.2) is 40.2 Å². The van der Waals surface area contributed by atoms with Gasteiger partial charge in [0.25, 0.3) is 11.5 Å². The number of carbonyl (C=O) groups is 2. The molecule has 210 valence electrons. The number of aromatic nitrogens is 2. The number of halogens is 1. The molecule has 3 aromatic rings. The molecular formula is C27H31FN8O4. The van der Waals surface area contributed by atoms with Crippen molar-refractivity contribution in [2.45, 2.75) is 33.2 Å². The average molecular weight is 551 g/mol. The van der Waals surface area contributed by atoms with Crippen molar-refractivity contribution in [2.75, 3.05) is 18.0 Å². The fourth-order valence-corrected chi connectivity index (χ4v) is 4.15. The Labute approximate surface area is 229 Å². The molecule has 1 amide bonds. The summed E-state index contributed by atoms with van der Waals surface area (Å²) in [5, 5.41) is 15.9. The van der Waals surface area contributed by atoms with Crippen LogP contribution in [0.1, 0.15) is 40.2 Å². The number of aryl methyl sites for hydroxylation is 2. The molecule has 0 saturated heterocycles. The van der Waals surface area contributed by atoms with E-state index in [1.165, 1.54) is 12.1 Å². The molecule has 2 aromatic carbocycles. The van der Waals surface area contributed by atoms with E-state index in [9.17, 15) is 19.5 Å². The second-order valence-electron chi connectivity index (χ2n) is 9.19. The molecule has 0 saturated carbocycles. The van der Waals surface area contributed by atoms with Crippen LogP contribution in [0.2, 0.25) is 0 Å². The number of fused-ring (bicyclic) bond motifs is 1. The van der Waals surface area contributed by atoms with Gasteiger partial charge in [0, 0.05) is 25.2 Å². The number of amidine groups is 1. The first-order chi connectivity index (χ1) is 19.0. The molecule has 0 aliphatic carbocycles. The quantitative estimate of drug-likeness (QED) is 0.0633. The van der Waals surface area contributed by atoms with Crippen LogP contribution in [0.4, 0.5) is 10.1 Å². The van der Waals surface area contributed by atoms with Crippen molar-refractivity contribution >= 4 is 34.3 Å². The molecule has 1 aromatic heterocycles. The fraction of sp³-hybridized carbons (Fsp3) is 0.296. The van der Waals surface area contributed by atoms with E-state index in [4.69, 9.17) is 18.0 Å². The minimum Gasteiger partial charge on any atom is -0.481 e. The van der Waals surface area contributed by atoms with Crippen molar-refractivity contribution in [3.63, 3.8) is 0 Å². The number of amides is 1. The second kappa shape index (κ2) is 13.2. The minimum absolute atomic E-state index is 0.0881. The Morgan fingerprint density at radius 2 is 2.05 bits per heavy atom. The number of aliphatic carboxylic acids is 1. The van der Waals surface area contributed by atoms with Crippen LogP contribution < -0.4 is 32.9 Å². The average Bonchev–Trinajstić information content (AvgIpc) is 2.88. The number of carboxylic acids is 1. The zero-order valence-corrected chi connectivity index (χ0v) is 22.1. The molecular weight excluding hydrogens is 519 g/mol. The van der Waals surface area contributed by atoms with Gasteiger partial charge in [-0.2, -0.15) is 5.10 Å². The van der Waals surface area contributed by atoms with E-state index < -0.39 is 23.6 Å². The highest BCUT2D eigenvalue weighted by atomic mass is 19.1. The number of nitrogens with zero attached hydrogens (tertiary/aromatic N) is 3. The number of H-pyrrole nitrogens is 1. The number of hydrogen-bond acceptors (Lipinski definition) is 8. The van der Waals surface area contributed by atoms with Gasteiger partial charge in [-0.05, 0) is 61.7 Å². The van der Waals surface area contributed by atoms with E-state index in [0.29, 0.717) is 22.4 Å². The van der Waals surface area contributed by atoms with Gasteiger partial charge < -0.3 is 26.0 Å². The van der Waals surface area contributed by atoms with Gasteiger partial charge in [0.15, 0.2) is 0 Å². The lowest BCUT2D eigenvalue weighted by Crippen LogP contribution is -2.34. The topological polar surface area (TPSA) is 192 Å². The molecule has 40 heavy (non-hydrogen) atoms. The number of benzene rings is 2. The third kappa shape index (κ3) is 7.33. The van der Waals surface area contributed by atoms with Crippen LogP contribution in [0.5, 0.6) is 0 Å². The number of carbonyl (C=O) groups excluding carboxylic acids is 1. The number of hydrogen-bond donors (Lipinski definition) is 6. The number of aromatic amines is 1. The van der Waals surface area contributed by atoms with E-state index in [0.717, 1.165) is 11.1 Å². The van der Waals surface area contributed by atoms with E-state index in [-0.39, 0.29) is 49.4 Å². The molecule has 0 fully saturated rings. The lowest BCUT2D eigenvalue weighted by molar-refractivity contribution is -0.141. The van der Waals surface area contributed by atoms with Crippen LogP contribution in [-0.4, -0.2) is 45.9 Å². The normalized spacial score (nSPS) is 12.0. The van der Waals surface area contributed by atoms with E-state index >= 15 is 4.39 Å². The van der Waals surface area contributed by atoms with Crippen LogP contribution in [0, 0.1) is 37.9 Å². The molecule has 1 heterocycles. The predicted octanol–water partition coefficient (Wildman–Crippen LogP) is 1.27. The lowest BCUT2D eigenvalue weighted by atomic mass is 10.0. The molecule has 12 nitrogen and oxygen atoms in total. The smallest absolute Gasteiger partial charge is 0.308 e. The van der Waals surface area contributed by atoms with Gasteiger partial charge in [0.1, 0.15) is 17.5 Å². The number of anilines is 1. The largest absolute Gasteiger partial charge is 0.481 e. The van der Waals surface area contributed by atoms with Gasteiger partial charge in [-0.25, -0.2) is 20.8 Å². The van der Waals surface area contributed by atoms with Crippen molar-refractivity contribution in [3.05, 3.63) is 69.0 Å². The highest BCUT2D eigenvalue weighted by Crippen LogP contribution is 2.24. The number of hydrazine groups is 1. The first kappa shape index (κ1) is 29.6. The van der Waals surface area contributed by atoms with Gasteiger partial charge >= 0.3 is 5.97 Å². The molecule has 3 rings (SSSR count). The molecule has 1 atom stereocenters. The molecule has 0 aliphatic heterocycles. The number of nitrogens with two attached hydrogens (primary N) is 2. The van der Waals surface area contributed by atoms with Crippen molar-refractivity contribution < 1.29 is 19.1 Å². The van der Waals surface area contributed by atoms with Gasteiger partial charge in [-0.1, -0.05) is 5.92 Å². The Hall–Kier alpha value is -4.96. The Morgan fingerprint density at radius 3 is 2.70 bits per heavy atom. The van der Waals surface area contributed by atoms with Gasteiger partial charge in [-0.15, -0.1) is 6.42 Å². The first-order valence-corrected chi connectivity index (χ1v) is 12.3. The van der Waals surface area contributed by atoms with Crippen molar-refractivity contribution in [1.82, 2.24) is 20.8 Å². The summed E-state index contributed by atoms with van der Waals surface area (Å²) in [7, 11) is 0. The monoisotopic (exact) mass is 550 g/mol. The van der Waals surface area contributed by atoms with Crippen molar-refractivity contribution in [1.29, 1.82) is 0 Å². The Bertz CT molecular complexity index is 1550. The molecule has 0 unspecified atom stereocenters. The Morgan fingerprint density at radius 1 is 1.30 bits per heavy atom. The van der Waals surface area contributed by atoms with E-state index in [2.05, 4.69) is 26.3 Å². The summed E-state index contributed by atoms with van der Waals surface area (Å²) in [6.45, 7) is 3.76. The van der Waals surface area contributed by atoms with Gasteiger partial charge in [0.05, 0.1) is 28.9 Å².